The summed E-state index contributed by atoms with van der Waals surface area (Å²) < 4.78 is 5.45. The van der Waals surface area contributed by atoms with Gasteiger partial charge in [0.1, 0.15) is 16.7 Å². The van der Waals surface area contributed by atoms with Crippen LogP contribution in [0.15, 0.2) is 45.7 Å². The van der Waals surface area contributed by atoms with Crippen molar-refractivity contribution in [3.63, 3.8) is 0 Å². The average Bonchev–Trinajstić information content (AvgIpc) is 2.62. The summed E-state index contributed by atoms with van der Waals surface area (Å²) in [5.74, 6) is -0.799. The minimum atomic E-state index is -0.643. The van der Waals surface area contributed by atoms with Gasteiger partial charge in [0.25, 0.3) is 5.91 Å². The number of carbonyl (C=O) groups excluding carboxylic acids is 2. The number of carbonyl (C=O) groups is 2. The zero-order valence-corrected chi connectivity index (χ0v) is 14.5. The lowest BCUT2D eigenvalue weighted by Gasteiger charge is -2.19. The third-order valence-electron chi connectivity index (χ3n) is 4.56. The summed E-state index contributed by atoms with van der Waals surface area (Å²) >= 11 is 0. The fourth-order valence-electron chi connectivity index (χ4n) is 3.29. The van der Waals surface area contributed by atoms with E-state index in [-0.39, 0.29) is 34.2 Å². The van der Waals surface area contributed by atoms with Crippen molar-refractivity contribution in [2.24, 2.45) is 5.92 Å². The quantitative estimate of drug-likeness (QED) is 0.723. The predicted octanol–water partition coefficient (Wildman–Crippen LogP) is 2.91. The van der Waals surface area contributed by atoms with Crippen molar-refractivity contribution in [3.8, 4) is 5.75 Å². The minimum Gasteiger partial charge on any atom is -0.507 e. The Morgan fingerprint density at radius 3 is 2.89 bits per heavy atom. The van der Waals surface area contributed by atoms with Crippen LogP contribution < -0.4 is 10.7 Å². The Hall–Kier alpha value is -3.48. The summed E-state index contributed by atoms with van der Waals surface area (Å²) in [4.78, 5) is 41.1. The summed E-state index contributed by atoms with van der Waals surface area (Å²) in [7, 11) is 0. The number of Topliss-reactive ketones (excluding diaryl/α,β-unsaturated/α-hetero) is 1. The molecule has 2 heterocycles. The van der Waals surface area contributed by atoms with E-state index in [1.54, 1.807) is 6.07 Å². The van der Waals surface area contributed by atoms with Crippen LogP contribution in [-0.2, 0) is 6.42 Å². The molecule has 1 atom stereocenters. The summed E-state index contributed by atoms with van der Waals surface area (Å²) in [6.07, 6.45) is 2.65. The number of hydrogen-bond donors (Lipinski definition) is 2. The molecule has 7 heteroatoms. The van der Waals surface area contributed by atoms with Gasteiger partial charge in [-0.25, -0.2) is 0 Å². The number of anilines is 1. The van der Waals surface area contributed by atoms with Gasteiger partial charge in [-0.3, -0.25) is 19.4 Å². The number of nitrogens with zero attached hydrogens (tertiary/aromatic N) is 1. The van der Waals surface area contributed by atoms with E-state index in [1.807, 2.05) is 6.92 Å². The number of fused-ring (bicyclic) bond motifs is 2. The molecule has 1 amide bonds. The lowest BCUT2D eigenvalue weighted by molar-refractivity contribution is 0.0949. The van der Waals surface area contributed by atoms with Gasteiger partial charge in [-0.05, 0) is 30.5 Å². The van der Waals surface area contributed by atoms with Crippen molar-refractivity contribution < 1.29 is 19.1 Å². The van der Waals surface area contributed by atoms with E-state index < -0.39 is 11.3 Å². The fraction of sp³-hybridized carbons (Fsp3) is 0.200. The molecule has 2 N–H and O–H groups in total. The number of aromatic nitrogens is 1. The normalized spacial score (nSPS) is 16.2. The summed E-state index contributed by atoms with van der Waals surface area (Å²) in [5, 5.41) is 12.4. The number of amides is 1. The molecule has 0 saturated carbocycles. The Labute approximate surface area is 153 Å². The van der Waals surface area contributed by atoms with Crippen LogP contribution in [0, 0.1) is 5.92 Å². The second-order valence-corrected chi connectivity index (χ2v) is 6.73. The van der Waals surface area contributed by atoms with E-state index in [9.17, 15) is 19.5 Å². The van der Waals surface area contributed by atoms with Gasteiger partial charge in [0.15, 0.2) is 17.0 Å². The highest BCUT2D eigenvalue weighted by Crippen LogP contribution is 2.26. The van der Waals surface area contributed by atoms with Crippen LogP contribution in [-0.4, -0.2) is 21.8 Å². The standard InChI is InChI=1S/C20H16N2O5/c1-10-5-13-12(15(24)6-10)7-11(9-21-13)22-20(26)18-8-16(25)19-14(23)3-2-4-17(19)27-18/h2-4,7-10,23H,5-6H2,1H3,(H,22,26). The first kappa shape index (κ1) is 17.0. The number of rotatable bonds is 2. The zero-order valence-electron chi connectivity index (χ0n) is 14.5. The Kier molecular flexibility index (Phi) is 3.99. The molecule has 136 valence electrons. The molecule has 7 nitrogen and oxygen atoms in total. The van der Waals surface area contributed by atoms with Crippen LogP contribution in [0.2, 0.25) is 0 Å². The van der Waals surface area contributed by atoms with Crippen molar-refractivity contribution in [1.82, 2.24) is 4.98 Å². The fourth-order valence-corrected chi connectivity index (χ4v) is 3.29. The predicted molar refractivity (Wildman–Crippen MR) is 98.2 cm³/mol. The first-order valence-electron chi connectivity index (χ1n) is 8.51. The van der Waals surface area contributed by atoms with Gasteiger partial charge in [0.05, 0.1) is 17.6 Å². The summed E-state index contributed by atoms with van der Waals surface area (Å²) in [6.45, 7) is 2.00. The van der Waals surface area contributed by atoms with E-state index in [1.165, 1.54) is 24.4 Å². The Morgan fingerprint density at radius 1 is 1.26 bits per heavy atom. The largest absolute Gasteiger partial charge is 0.507 e. The monoisotopic (exact) mass is 364 g/mol. The van der Waals surface area contributed by atoms with Crippen LogP contribution in [0.3, 0.4) is 0 Å². The van der Waals surface area contributed by atoms with Gasteiger partial charge in [-0.2, -0.15) is 0 Å². The molecular formula is C20H16N2O5. The van der Waals surface area contributed by atoms with Crippen LogP contribution in [0.25, 0.3) is 11.0 Å². The van der Waals surface area contributed by atoms with Gasteiger partial charge in [0.2, 0.25) is 0 Å². The van der Waals surface area contributed by atoms with Gasteiger partial charge in [-0.15, -0.1) is 0 Å². The van der Waals surface area contributed by atoms with Crippen molar-refractivity contribution in [2.45, 2.75) is 19.8 Å². The van der Waals surface area contributed by atoms with Gasteiger partial charge >= 0.3 is 0 Å². The Bertz CT molecular complexity index is 1150. The zero-order chi connectivity index (χ0) is 19.1. The van der Waals surface area contributed by atoms with Crippen LogP contribution in [0.1, 0.15) is 40.0 Å². The van der Waals surface area contributed by atoms with Gasteiger partial charge < -0.3 is 14.8 Å². The Morgan fingerprint density at radius 2 is 2.07 bits per heavy atom. The average molecular weight is 364 g/mol. The summed E-state index contributed by atoms with van der Waals surface area (Å²) in [5.41, 5.74) is 1.17. The van der Waals surface area contributed by atoms with Crippen LogP contribution in [0.5, 0.6) is 5.75 Å². The van der Waals surface area contributed by atoms with Crippen molar-refractivity contribution in [2.75, 3.05) is 5.32 Å². The third-order valence-corrected chi connectivity index (χ3v) is 4.56. The lowest BCUT2D eigenvalue weighted by atomic mass is 9.87. The first-order valence-corrected chi connectivity index (χ1v) is 8.51. The maximum atomic E-state index is 12.5. The highest BCUT2D eigenvalue weighted by Gasteiger charge is 2.24. The highest BCUT2D eigenvalue weighted by atomic mass is 16.3. The molecular weight excluding hydrogens is 348 g/mol. The van der Waals surface area contributed by atoms with Crippen molar-refractivity contribution in [1.29, 1.82) is 0 Å². The van der Waals surface area contributed by atoms with Crippen molar-refractivity contribution >= 4 is 28.3 Å². The van der Waals surface area contributed by atoms with E-state index in [2.05, 4.69) is 10.3 Å². The number of ketones is 1. The maximum Gasteiger partial charge on any atom is 0.291 e. The van der Waals surface area contributed by atoms with E-state index in [0.717, 1.165) is 18.2 Å². The van der Waals surface area contributed by atoms with E-state index >= 15 is 0 Å². The van der Waals surface area contributed by atoms with E-state index in [0.29, 0.717) is 17.7 Å². The number of hydrogen-bond acceptors (Lipinski definition) is 6. The molecule has 2 aromatic heterocycles. The smallest absolute Gasteiger partial charge is 0.291 e. The molecule has 3 aromatic rings. The SMILES string of the molecule is CC1CC(=O)c2cc(NC(=O)c3cc(=O)c4c(O)cccc4o3)cnc2C1. The number of pyridine rings is 1. The molecule has 4 rings (SSSR count). The molecule has 0 fully saturated rings. The molecule has 27 heavy (non-hydrogen) atoms. The Balaban J connectivity index is 1.65. The number of nitrogens with one attached hydrogen (secondary N) is 1. The second-order valence-electron chi connectivity index (χ2n) is 6.73. The second kappa shape index (κ2) is 6.35. The molecule has 0 radical (unpaired) electrons. The number of phenols is 1. The highest BCUT2D eigenvalue weighted by molar-refractivity contribution is 6.04. The molecule has 0 aliphatic heterocycles. The van der Waals surface area contributed by atoms with Crippen molar-refractivity contribution in [3.05, 3.63) is 63.8 Å². The summed E-state index contributed by atoms with van der Waals surface area (Å²) in [6, 6.07) is 7.00. The molecule has 1 aromatic carbocycles. The topological polar surface area (TPSA) is 110 Å². The molecule has 0 spiro atoms. The van der Waals surface area contributed by atoms with Gasteiger partial charge in [-0.1, -0.05) is 13.0 Å². The van der Waals surface area contributed by atoms with Crippen LogP contribution in [0.4, 0.5) is 5.69 Å². The van der Waals surface area contributed by atoms with E-state index in [4.69, 9.17) is 4.42 Å². The maximum absolute atomic E-state index is 12.5. The van der Waals surface area contributed by atoms with Crippen LogP contribution >= 0.6 is 0 Å². The molecule has 1 unspecified atom stereocenters. The number of aromatic hydroxyl groups is 1. The molecule has 1 aliphatic rings. The first-order chi connectivity index (χ1) is 12.9. The third kappa shape index (κ3) is 3.08. The molecule has 0 saturated heterocycles. The molecule has 0 bridgehead atoms. The number of benzene rings is 1. The lowest BCUT2D eigenvalue weighted by Crippen LogP contribution is -2.20. The number of phenolic OH excluding ortho intramolecular Hbond substituents is 1. The van der Waals surface area contributed by atoms with Gasteiger partial charge in [0, 0.05) is 18.1 Å². The minimum absolute atomic E-state index is 0.0000567. The molecule has 1 aliphatic carbocycles.